The van der Waals surface area contributed by atoms with Crippen molar-refractivity contribution in [3.8, 4) is 17.2 Å². The van der Waals surface area contributed by atoms with Gasteiger partial charge in [0.15, 0.2) is 19.7 Å². The Kier molecular flexibility index (Phi) is 31.6. The van der Waals surface area contributed by atoms with E-state index in [0.717, 1.165) is 35.0 Å². The highest BCUT2D eigenvalue weighted by Crippen LogP contribution is 2.31. The van der Waals surface area contributed by atoms with E-state index in [2.05, 4.69) is 6.07 Å². The van der Waals surface area contributed by atoms with E-state index in [1.807, 2.05) is 24.3 Å². The predicted molar refractivity (Wildman–Crippen MR) is 342 cm³/mol. The van der Waals surface area contributed by atoms with Gasteiger partial charge in [-0.1, -0.05) is 115 Å². The van der Waals surface area contributed by atoms with E-state index in [9.17, 15) is 36.0 Å². The Morgan fingerprint density at radius 2 is 0.791 bits per heavy atom. The molecule has 0 unspecified atom stereocenters. The quantitative estimate of drug-likeness (QED) is 0.0485. The van der Waals surface area contributed by atoms with E-state index in [0.29, 0.717) is 81.9 Å². The fourth-order valence-electron chi connectivity index (χ4n) is 10.6. The monoisotopic (exact) mass is 1240 g/mol. The predicted octanol–water partition coefficient (Wildman–Crippen LogP) is 12.4. The van der Waals surface area contributed by atoms with Crippen LogP contribution in [0.25, 0.3) is 0 Å². The van der Waals surface area contributed by atoms with Crippen LogP contribution in [0, 0.1) is 17.8 Å². The molecule has 16 nitrogen and oxygen atoms in total. The minimum Gasteiger partial charge on any atom is -0.493 e. The summed E-state index contributed by atoms with van der Waals surface area (Å²) >= 11 is 1.64. The first-order chi connectivity index (χ1) is 40.6. The van der Waals surface area contributed by atoms with Gasteiger partial charge in [0.1, 0.15) is 17.2 Å². The summed E-state index contributed by atoms with van der Waals surface area (Å²) in [6.45, 7) is 6.30. The van der Waals surface area contributed by atoms with Crippen LogP contribution in [-0.2, 0) is 19.7 Å². The van der Waals surface area contributed by atoms with E-state index in [1.165, 1.54) is 101 Å². The van der Waals surface area contributed by atoms with Gasteiger partial charge in [0.05, 0.1) is 63.4 Å². The summed E-state index contributed by atoms with van der Waals surface area (Å²) in [6, 6.07) is 34.8. The van der Waals surface area contributed by atoms with Crippen LogP contribution in [0.4, 0.5) is 0 Å². The third kappa shape index (κ3) is 21.9. The number of fused-ring (bicyclic) bond motifs is 2. The number of rotatable bonds is 20. The number of thioether (sulfide) groups is 1. The van der Waals surface area contributed by atoms with Gasteiger partial charge in [0.2, 0.25) is 0 Å². The van der Waals surface area contributed by atoms with Crippen molar-refractivity contribution >= 4 is 55.1 Å². The number of imide groups is 2. The number of nitrogens with zero attached hydrogens (tertiary/aromatic N) is 2. The molecule has 3 fully saturated rings. The van der Waals surface area contributed by atoms with Crippen LogP contribution >= 0.6 is 11.8 Å². The molecular weight excluding hydrogens is 1150 g/mol. The van der Waals surface area contributed by atoms with Crippen molar-refractivity contribution in [2.45, 2.75) is 140 Å². The molecule has 5 aliphatic rings. The molecule has 2 heterocycles. The molecule has 2 aliphatic heterocycles. The third-order valence-corrected chi connectivity index (χ3v) is 19.5. The Bertz CT molecular complexity index is 3050. The highest BCUT2D eigenvalue weighted by molar-refractivity contribution is 7.99. The number of ether oxygens (including phenoxy) is 3. The Morgan fingerprint density at radius 1 is 0.465 bits per heavy atom. The molecule has 0 radical (unpaired) electrons. The Balaban J connectivity index is 0.000000265. The molecule has 3 aliphatic carbocycles. The number of benzene rings is 5. The molecule has 3 saturated carbocycles. The zero-order valence-electron chi connectivity index (χ0n) is 48.7. The number of hydrogen-bond donors (Lipinski definition) is 3. The Morgan fingerprint density at radius 3 is 1.15 bits per heavy atom. The van der Waals surface area contributed by atoms with E-state index in [-0.39, 0.29) is 69.4 Å². The van der Waals surface area contributed by atoms with Crippen molar-refractivity contribution in [1.29, 1.82) is 0 Å². The summed E-state index contributed by atoms with van der Waals surface area (Å²) in [7, 11) is -6.95. The SMILES string of the molecule is C.C.CCO.CCO.NCCS(=O)(=O)c1cccc(OCC2CCCCC2)c1.O=C1c2ccccc2C(=O)N1CCS(=O)(=O)c1cccc(OCC2CCCCC2)c1.O=C1c2ccccc2C(=O)N1CCSc1cccc(OCC2CCCCC2)c1. The van der Waals surface area contributed by atoms with Crippen molar-refractivity contribution in [3.63, 3.8) is 0 Å². The van der Waals surface area contributed by atoms with Gasteiger partial charge in [-0.3, -0.25) is 29.0 Å². The maximum atomic E-state index is 12.8. The van der Waals surface area contributed by atoms with Crippen LogP contribution in [0.3, 0.4) is 0 Å². The lowest BCUT2D eigenvalue weighted by molar-refractivity contribution is 0.0648. The van der Waals surface area contributed by atoms with Gasteiger partial charge in [-0.15, -0.1) is 11.8 Å². The number of aliphatic hydroxyl groups is 2. The molecule has 5 aromatic carbocycles. The van der Waals surface area contributed by atoms with E-state index in [4.69, 9.17) is 30.2 Å². The highest BCUT2D eigenvalue weighted by atomic mass is 32.2. The largest absolute Gasteiger partial charge is 0.493 e. The zero-order valence-corrected chi connectivity index (χ0v) is 51.2. The number of hydrogen-bond acceptors (Lipinski definition) is 15. The lowest BCUT2D eigenvalue weighted by atomic mass is 9.90. The van der Waals surface area contributed by atoms with Crippen molar-refractivity contribution in [3.05, 3.63) is 144 Å². The molecule has 4 N–H and O–H groups in total. The average Bonchev–Trinajstić information content (AvgIpc) is 2.55. The van der Waals surface area contributed by atoms with Gasteiger partial charge < -0.3 is 30.2 Å². The molecule has 472 valence electrons. The maximum absolute atomic E-state index is 12.8. The summed E-state index contributed by atoms with van der Waals surface area (Å²) in [6.07, 6.45) is 18.9. The van der Waals surface area contributed by atoms with Gasteiger partial charge in [-0.05, 0) is 149 Å². The normalized spacial score (nSPS) is 16.0. The maximum Gasteiger partial charge on any atom is 0.261 e. The summed E-state index contributed by atoms with van der Waals surface area (Å²) in [5.74, 6) is 2.90. The standard InChI is InChI=1S/C23H25NO5S.C23H25NO3S.C15H23NO3S.2C2H6O.2CH4/c25-22-20-11-4-5-12-21(20)23(26)24(22)13-14-30(27,28)19-10-6-9-18(15-19)29-16-17-7-2-1-3-8-17;25-22-20-11-4-5-12-21(20)23(26)24(22)13-14-28-19-10-6-9-18(15-19)27-16-17-7-2-1-3-8-17;16-9-10-20(17,18)15-8-4-7-14(11-15)19-12-13-5-2-1-3-6-13;2*1-2-3;;/h4-6,9-12,15,17H,1-3,7-8,13-14,16H2;4-6,9-12,15,17H,1-3,7-8,13-14,16H2;4,7-8,11,13H,1-3,5-6,9-10,12,16H2;2*3H,2H2,1H3;2*1H4. The summed E-state index contributed by atoms with van der Waals surface area (Å²) < 4.78 is 67.2. The lowest BCUT2D eigenvalue weighted by Gasteiger charge is -2.21. The van der Waals surface area contributed by atoms with Crippen LogP contribution in [-0.4, -0.2) is 130 Å². The smallest absolute Gasteiger partial charge is 0.261 e. The lowest BCUT2D eigenvalue weighted by Crippen LogP contribution is -2.34. The molecule has 5 aromatic rings. The third-order valence-electron chi connectivity index (χ3n) is 15.1. The molecule has 0 aromatic heterocycles. The summed E-state index contributed by atoms with van der Waals surface area (Å²) in [4.78, 5) is 53.6. The van der Waals surface area contributed by atoms with Crippen LogP contribution in [0.5, 0.6) is 17.2 Å². The van der Waals surface area contributed by atoms with Crippen LogP contribution < -0.4 is 19.9 Å². The van der Waals surface area contributed by atoms with E-state index in [1.54, 1.807) is 104 Å². The number of nitrogens with two attached hydrogens (primary N) is 1. The molecule has 0 atom stereocenters. The fraction of sp³-hybridized carbons (Fsp3) is 0.493. The van der Waals surface area contributed by atoms with Crippen molar-refractivity contribution in [1.82, 2.24) is 9.80 Å². The first kappa shape index (κ1) is 72.4. The topological polar surface area (TPSA) is 237 Å². The number of sulfone groups is 2. The second kappa shape index (κ2) is 37.6. The van der Waals surface area contributed by atoms with E-state index >= 15 is 0 Å². The van der Waals surface area contributed by atoms with Gasteiger partial charge in [0.25, 0.3) is 23.6 Å². The molecular formula is C67H93N3O13S3. The Labute approximate surface area is 516 Å². The fourth-order valence-corrected chi connectivity index (χ4v) is 13.9. The molecule has 0 bridgehead atoms. The van der Waals surface area contributed by atoms with Crippen LogP contribution in [0.1, 0.15) is 166 Å². The molecule has 4 amide bonds. The number of aliphatic hydroxyl groups excluding tert-OH is 2. The van der Waals surface area contributed by atoms with Crippen LogP contribution in [0.15, 0.2) is 136 Å². The number of carbonyl (C=O) groups excluding carboxylic acids is 4. The first-order valence-electron chi connectivity index (χ1n) is 29.7. The highest BCUT2D eigenvalue weighted by Gasteiger charge is 2.37. The van der Waals surface area contributed by atoms with Crippen molar-refractivity contribution in [2.24, 2.45) is 23.5 Å². The molecule has 0 saturated heterocycles. The van der Waals surface area contributed by atoms with Gasteiger partial charge in [-0.2, -0.15) is 0 Å². The second-order valence-electron chi connectivity index (χ2n) is 21.4. The molecule has 10 rings (SSSR count). The van der Waals surface area contributed by atoms with Gasteiger partial charge in [-0.25, -0.2) is 16.8 Å². The average molecular weight is 1240 g/mol. The second-order valence-corrected chi connectivity index (χ2v) is 26.8. The van der Waals surface area contributed by atoms with Crippen LogP contribution in [0.2, 0.25) is 0 Å². The molecule has 19 heteroatoms. The minimum atomic E-state index is -3.67. The summed E-state index contributed by atoms with van der Waals surface area (Å²) in [5.41, 5.74) is 6.99. The van der Waals surface area contributed by atoms with E-state index < -0.39 is 31.5 Å². The number of amides is 4. The molecule has 0 spiro atoms. The van der Waals surface area contributed by atoms with Gasteiger partial charge in [0, 0.05) is 43.5 Å². The van der Waals surface area contributed by atoms with Gasteiger partial charge >= 0.3 is 0 Å². The first-order valence-corrected chi connectivity index (χ1v) is 34.0. The Hall–Kier alpha value is -6.09. The summed E-state index contributed by atoms with van der Waals surface area (Å²) in [5, 5.41) is 15.1. The van der Waals surface area contributed by atoms with Crippen molar-refractivity contribution < 1.29 is 60.4 Å². The zero-order chi connectivity index (χ0) is 60.3. The minimum absolute atomic E-state index is 0. The van der Waals surface area contributed by atoms with Crippen molar-refractivity contribution in [2.75, 3.05) is 69.9 Å². The molecule has 86 heavy (non-hydrogen) atoms. The number of carbonyl (C=O) groups is 4.